The van der Waals surface area contributed by atoms with Crippen molar-refractivity contribution >= 4 is 16.4 Å². The molecule has 2 N–H and O–H groups in total. The predicted octanol–water partition coefficient (Wildman–Crippen LogP) is 0.668. The van der Waals surface area contributed by atoms with Crippen molar-refractivity contribution < 1.29 is 52.4 Å². The third-order valence-electron chi connectivity index (χ3n) is 3.23. The van der Waals surface area contributed by atoms with E-state index in [0.29, 0.717) is 6.42 Å². The fourth-order valence-electron chi connectivity index (χ4n) is 1.98. The average molecular weight is 360 g/mol. The van der Waals surface area contributed by atoms with Crippen LogP contribution in [0.2, 0.25) is 0 Å². The van der Waals surface area contributed by atoms with E-state index >= 15 is 0 Å². The van der Waals surface area contributed by atoms with Crippen LogP contribution < -0.4 is 29.6 Å². The van der Waals surface area contributed by atoms with Crippen LogP contribution in [0.1, 0.15) is 84.0 Å². The Labute approximate surface area is 164 Å². The number of hydrogen-bond acceptors (Lipinski definition) is 4. The van der Waals surface area contributed by atoms with Crippen molar-refractivity contribution in [3.05, 3.63) is 0 Å². The first-order chi connectivity index (χ1) is 10.5. The van der Waals surface area contributed by atoms with E-state index in [2.05, 4.69) is 6.92 Å². The number of unbranched alkanes of at least 4 members (excludes halogenated alkanes) is 11. The third kappa shape index (κ3) is 34.8. The molecule has 0 saturated carbocycles. The zero-order chi connectivity index (χ0) is 17.1. The van der Waals surface area contributed by atoms with E-state index in [1.165, 1.54) is 64.2 Å². The van der Waals surface area contributed by atoms with Crippen LogP contribution in [-0.4, -0.2) is 36.7 Å². The van der Waals surface area contributed by atoms with Crippen molar-refractivity contribution in [2.24, 2.45) is 0 Å². The Morgan fingerprint density at radius 2 is 1.22 bits per heavy atom. The fraction of sp³-hybridized carbons (Fsp3) is 0.938. The molecule has 0 rings (SSSR count). The SMILES string of the molecule is CCCCCCCCCCCCC[C-]=O.O=S(=O)(O)CCO.[Na+]. The van der Waals surface area contributed by atoms with Gasteiger partial charge in [0.25, 0.3) is 10.1 Å². The zero-order valence-electron chi connectivity index (χ0n) is 14.9. The van der Waals surface area contributed by atoms with Gasteiger partial charge in [-0.15, -0.1) is 0 Å². The molecule has 0 amide bonds. The first-order valence-corrected chi connectivity index (χ1v) is 9.99. The number of carbonyl (C=O) groups excluding carboxylic acids is 1. The van der Waals surface area contributed by atoms with Crippen LogP contribution in [0.4, 0.5) is 0 Å². The summed E-state index contributed by atoms with van der Waals surface area (Å²) in [4.78, 5) is 9.94. The topological polar surface area (TPSA) is 91.7 Å². The van der Waals surface area contributed by atoms with E-state index in [1.54, 1.807) is 0 Å². The van der Waals surface area contributed by atoms with Crippen molar-refractivity contribution in [3.63, 3.8) is 0 Å². The molecule has 23 heavy (non-hydrogen) atoms. The summed E-state index contributed by atoms with van der Waals surface area (Å²) >= 11 is 0. The molecule has 0 aromatic heterocycles. The van der Waals surface area contributed by atoms with Crippen molar-refractivity contribution in [1.29, 1.82) is 0 Å². The van der Waals surface area contributed by atoms with Gasteiger partial charge in [0.1, 0.15) is 0 Å². The Morgan fingerprint density at radius 3 is 1.48 bits per heavy atom. The molecule has 0 aromatic carbocycles. The molecule has 0 radical (unpaired) electrons. The van der Waals surface area contributed by atoms with E-state index in [-0.39, 0.29) is 29.6 Å². The van der Waals surface area contributed by atoms with Crippen LogP contribution in [-0.2, 0) is 14.9 Å². The minimum absolute atomic E-state index is 0. The summed E-state index contributed by atoms with van der Waals surface area (Å²) in [6.45, 7) is 1.73. The molecule has 0 aromatic rings. The fourth-order valence-corrected chi connectivity index (χ4v) is 2.21. The Morgan fingerprint density at radius 1 is 0.826 bits per heavy atom. The van der Waals surface area contributed by atoms with Crippen LogP contribution in [0, 0.1) is 0 Å². The van der Waals surface area contributed by atoms with E-state index < -0.39 is 22.5 Å². The summed E-state index contributed by atoms with van der Waals surface area (Å²) in [5.74, 6) is -0.576. The van der Waals surface area contributed by atoms with Gasteiger partial charge in [-0.1, -0.05) is 77.6 Å². The van der Waals surface area contributed by atoms with Crippen molar-refractivity contribution in [2.75, 3.05) is 12.4 Å². The number of hydrogen-bond donors (Lipinski definition) is 2. The van der Waals surface area contributed by atoms with Gasteiger partial charge in [-0.3, -0.25) is 10.8 Å². The summed E-state index contributed by atoms with van der Waals surface area (Å²) < 4.78 is 27.1. The summed E-state index contributed by atoms with van der Waals surface area (Å²) in [6, 6.07) is 0. The molecule has 134 valence electrons. The number of aliphatic hydroxyl groups is 1. The molecule has 5 nitrogen and oxygen atoms in total. The molecule has 0 aliphatic carbocycles. The monoisotopic (exact) mass is 360 g/mol. The van der Waals surface area contributed by atoms with Crippen molar-refractivity contribution in [2.45, 2.75) is 84.0 Å². The Balaban J connectivity index is -0.000000425. The van der Waals surface area contributed by atoms with Gasteiger partial charge in [0.05, 0.1) is 12.4 Å². The van der Waals surface area contributed by atoms with E-state index in [1.807, 2.05) is 6.29 Å². The van der Waals surface area contributed by atoms with Crippen LogP contribution in [0.3, 0.4) is 0 Å². The minimum Gasteiger partial charge on any atom is -0.542 e. The first kappa shape index (κ1) is 28.3. The molecule has 0 heterocycles. The number of aliphatic hydroxyl groups excluding tert-OH is 1. The maximum absolute atomic E-state index is 9.94. The molecule has 7 heteroatoms. The Kier molecular flexibility index (Phi) is 27.8. The van der Waals surface area contributed by atoms with Crippen LogP contribution in [0.25, 0.3) is 0 Å². The number of rotatable bonds is 14. The second kappa shape index (κ2) is 22.5. The van der Waals surface area contributed by atoms with Crippen LogP contribution in [0.5, 0.6) is 0 Å². The summed E-state index contributed by atoms with van der Waals surface area (Å²) in [6.07, 6.45) is 17.3. The molecule has 0 unspecified atom stereocenters. The van der Waals surface area contributed by atoms with Crippen molar-refractivity contribution in [1.82, 2.24) is 0 Å². The summed E-state index contributed by atoms with van der Waals surface area (Å²) in [5, 5.41) is 7.86. The maximum Gasteiger partial charge on any atom is 1.00 e. The van der Waals surface area contributed by atoms with Gasteiger partial charge < -0.3 is 9.90 Å². The largest absolute Gasteiger partial charge is 1.00 e. The van der Waals surface area contributed by atoms with Gasteiger partial charge in [0, 0.05) is 0 Å². The zero-order valence-corrected chi connectivity index (χ0v) is 17.7. The normalized spacial score (nSPS) is 10.4. The van der Waals surface area contributed by atoms with Crippen molar-refractivity contribution in [3.8, 4) is 0 Å². The van der Waals surface area contributed by atoms with Gasteiger partial charge in [-0.2, -0.15) is 14.8 Å². The summed E-state index contributed by atoms with van der Waals surface area (Å²) in [7, 11) is -3.92. The molecule has 0 atom stereocenters. The average Bonchev–Trinajstić information content (AvgIpc) is 2.44. The molecule has 0 aliphatic heterocycles. The molecule has 0 aliphatic rings. The van der Waals surface area contributed by atoms with E-state index in [9.17, 15) is 13.2 Å². The molecule has 0 bridgehead atoms. The predicted molar refractivity (Wildman–Crippen MR) is 90.3 cm³/mol. The maximum atomic E-state index is 9.94. The van der Waals surface area contributed by atoms with Crippen LogP contribution in [0.15, 0.2) is 0 Å². The Hall–Kier alpha value is 0.540. The second-order valence-electron chi connectivity index (χ2n) is 5.44. The standard InChI is InChI=1S/C14H27O.C2H6O4S.Na/c1-2-3-4-5-6-7-8-9-10-11-12-13-14-15;3-1-2-7(4,5)6;/h2-13H2,1H3;3H,1-2H2,(H,4,5,6);/q-1;;+1. The smallest absolute Gasteiger partial charge is 0.542 e. The van der Waals surface area contributed by atoms with Gasteiger partial charge in [-0.05, 0) is 0 Å². The molecule has 0 spiro atoms. The molecular weight excluding hydrogens is 327 g/mol. The third-order valence-corrected chi connectivity index (χ3v) is 3.93. The Bertz CT molecular complexity index is 320. The van der Waals surface area contributed by atoms with E-state index in [0.717, 1.165) is 6.42 Å². The van der Waals surface area contributed by atoms with E-state index in [4.69, 9.17) is 9.66 Å². The van der Waals surface area contributed by atoms with Gasteiger partial charge in [0.2, 0.25) is 0 Å². The second-order valence-corrected chi connectivity index (χ2v) is 7.01. The first-order valence-electron chi connectivity index (χ1n) is 8.39. The van der Waals surface area contributed by atoms with Gasteiger partial charge >= 0.3 is 29.6 Å². The minimum atomic E-state index is -3.92. The molecule has 0 saturated heterocycles. The van der Waals surface area contributed by atoms with Crippen LogP contribution >= 0.6 is 0 Å². The molecule has 0 fully saturated rings. The summed E-state index contributed by atoms with van der Waals surface area (Å²) in [5.41, 5.74) is 0. The van der Waals surface area contributed by atoms with Gasteiger partial charge in [-0.25, -0.2) is 0 Å². The quantitative estimate of drug-likeness (QED) is 0.206. The molecular formula is C16H33NaO5S. The van der Waals surface area contributed by atoms with Gasteiger partial charge in [0.15, 0.2) is 0 Å².